The number of aryl methyl sites for hydroxylation is 1. The SMILES string of the molecule is Cc1ccc(F)c(NC(=S)Nc2ccc(S(=O)(=O)N3CCOCC3)cc2)c1. The molecule has 2 aromatic rings. The molecule has 0 amide bonds. The fraction of sp³-hybridized carbons (Fsp3) is 0.278. The maximum Gasteiger partial charge on any atom is 0.243 e. The summed E-state index contributed by atoms with van der Waals surface area (Å²) in [7, 11) is -3.54. The molecule has 1 fully saturated rings. The van der Waals surface area contributed by atoms with Crippen LogP contribution in [0.5, 0.6) is 0 Å². The zero-order valence-corrected chi connectivity index (χ0v) is 16.4. The number of rotatable bonds is 4. The molecule has 0 radical (unpaired) electrons. The van der Waals surface area contributed by atoms with E-state index in [1.54, 1.807) is 24.3 Å². The first kappa shape index (κ1) is 19.7. The van der Waals surface area contributed by atoms with Gasteiger partial charge in [-0.2, -0.15) is 4.31 Å². The van der Waals surface area contributed by atoms with Crippen molar-refractivity contribution in [3.63, 3.8) is 0 Å². The molecule has 2 N–H and O–H groups in total. The van der Waals surface area contributed by atoms with Crippen LogP contribution in [0.4, 0.5) is 15.8 Å². The van der Waals surface area contributed by atoms with Gasteiger partial charge >= 0.3 is 0 Å². The highest BCUT2D eigenvalue weighted by Crippen LogP contribution is 2.20. The van der Waals surface area contributed by atoms with Crippen molar-refractivity contribution in [2.75, 3.05) is 36.9 Å². The van der Waals surface area contributed by atoms with Gasteiger partial charge in [-0.1, -0.05) is 6.07 Å². The topological polar surface area (TPSA) is 70.7 Å². The van der Waals surface area contributed by atoms with E-state index >= 15 is 0 Å². The Morgan fingerprint density at radius 1 is 1.11 bits per heavy atom. The minimum absolute atomic E-state index is 0.207. The highest BCUT2D eigenvalue weighted by atomic mass is 32.2. The average Bonchev–Trinajstić information content (AvgIpc) is 2.66. The standard InChI is InChI=1S/C18H20FN3O3S2/c1-13-2-7-16(19)17(12-13)21-18(26)20-14-3-5-15(6-4-14)27(23,24)22-8-10-25-11-9-22/h2-7,12H,8-11H2,1H3,(H2,20,21,26). The smallest absolute Gasteiger partial charge is 0.243 e. The molecule has 0 saturated carbocycles. The Morgan fingerprint density at radius 2 is 1.78 bits per heavy atom. The summed E-state index contributed by atoms with van der Waals surface area (Å²) in [5.74, 6) is -0.406. The lowest BCUT2D eigenvalue weighted by Gasteiger charge is -2.26. The zero-order valence-electron chi connectivity index (χ0n) is 14.7. The van der Waals surface area contributed by atoms with E-state index < -0.39 is 15.8 Å². The lowest BCUT2D eigenvalue weighted by molar-refractivity contribution is 0.0730. The Hall–Kier alpha value is -2.07. The van der Waals surface area contributed by atoms with Crippen molar-refractivity contribution in [1.29, 1.82) is 0 Å². The zero-order chi connectivity index (χ0) is 19.4. The molecule has 2 aromatic carbocycles. The molecule has 0 bridgehead atoms. The fourth-order valence-corrected chi connectivity index (χ4v) is 4.30. The molecule has 0 atom stereocenters. The van der Waals surface area contributed by atoms with Crippen LogP contribution in [0.1, 0.15) is 5.56 Å². The molecule has 1 heterocycles. The number of sulfonamides is 1. The molecule has 1 saturated heterocycles. The van der Waals surface area contributed by atoms with Crippen molar-refractivity contribution in [1.82, 2.24) is 4.31 Å². The van der Waals surface area contributed by atoms with Gasteiger partial charge in [0.15, 0.2) is 5.11 Å². The van der Waals surface area contributed by atoms with Gasteiger partial charge in [0.05, 0.1) is 23.8 Å². The van der Waals surface area contributed by atoms with Crippen LogP contribution in [-0.4, -0.2) is 44.1 Å². The minimum Gasteiger partial charge on any atom is -0.379 e. The Morgan fingerprint density at radius 3 is 2.44 bits per heavy atom. The van der Waals surface area contributed by atoms with E-state index in [0.717, 1.165) is 5.56 Å². The summed E-state index contributed by atoms with van der Waals surface area (Å²) in [6.07, 6.45) is 0. The van der Waals surface area contributed by atoms with Crippen LogP contribution in [0.15, 0.2) is 47.4 Å². The lowest BCUT2D eigenvalue weighted by Crippen LogP contribution is -2.40. The third-order valence-electron chi connectivity index (χ3n) is 4.09. The molecule has 144 valence electrons. The van der Waals surface area contributed by atoms with Gasteiger partial charge in [0.25, 0.3) is 0 Å². The van der Waals surface area contributed by atoms with Crippen LogP contribution >= 0.6 is 12.2 Å². The van der Waals surface area contributed by atoms with Gasteiger partial charge < -0.3 is 15.4 Å². The van der Waals surface area contributed by atoms with Gasteiger partial charge in [0, 0.05) is 18.8 Å². The molecule has 9 heteroatoms. The Bertz CT molecular complexity index is 927. The van der Waals surface area contributed by atoms with Crippen molar-refractivity contribution < 1.29 is 17.5 Å². The monoisotopic (exact) mass is 409 g/mol. The summed E-state index contributed by atoms with van der Waals surface area (Å²) in [4.78, 5) is 0.207. The second-order valence-corrected chi connectivity index (χ2v) is 8.45. The van der Waals surface area contributed by atoms with E-state index in [1.807, 2.05) is 6.92 Å². The molecule has 1 aliphatic rings. The quantitative estimate of drug-likeness (QED) is 0.757. The van der Waals surface area contributed by atoms with Crippen molar-refractivity contribution in [3.05, 3.63) is 53.8 Å². The van der Waals surface area contributed by atoms with Gasteiger partial charge in [0.1, 0.15) is 5.82 Å². The van der Waals surface area contributed by atoms with Crippen molar-refractivity contribution in [3.8, 4) is 0 Å². The number of morpholine rings is 1. The molecule has 6 nitrogen and oxygen atoms in total. The van der Waals surface area contributed by atoms with Crippen molar-refractivity contribution in [2.24, 2.45) is 0 Å². The van der Waals surface area contributed by atoms with Crippen LogP contribution in [0.25, 0.3) is 0 Å². The summed E-state index contributed by atoms with van der Waals surface area (Å²) in [6.45, 7) is 3.34. The maximum absolute atomic E-state index is 13.8. The summed E-state index contributed by atoms with van der Waals surface area (Å²) < 4.78 is 45.6. The van der Waals surface area contributed by atoms with Crippen molar-refractivity contribution >= 4 is 38.7 Å². The summed E-state index contributed by atoms with van der Waals surface area (Å²) >= 11 is 5.20. The largest absolute Gasteiger partial charge is 0.379 e. The number of thiocarbonyl (C=S) groups is 1. The number of benzene rings is 2. The second kappa shape index (κ2) is 8.30. The van der Waals surface area contributed by atoms with Crippen LogP contribution in [0, 0.1) is 12.7 Å². The second-order valence-electron chi connectivity index (χ2n) is 6.10. The fourth-order valence-electron chi connectivity index (χ4n) is 2.67. The molecule has 0 aliphatic carbocycles. The number of nitrogens with one attached hydrogen (secondary N) is 2. The number of hydrogen-bond donors (Lipinski definition) is 2. The molecule has 0 unspecified atom stereocenters. The number of nitrogens with zero attached hydrogens (tertiary/aromatic N) is 1. The van der Waals surface area contributed by atoms with E-state index in [1.165, 1.54) is 22.5 Å². The van der Waals surface area contributed by atoms with Gasteiger partial charge in [0.2, 0.25) is 10.0 Å². The Balaban J connectivity index is 1.66. The minimum atomic E-state index is -3.54. The third-order valence-corrected chi connectivity index (χ3v) is 6.21. The van der Waals surface area contributed by atoms with Gasteiger partial charge in [-0.15, -0.1) is 0 Å². The highest BCUT2D eigenvalue weighted by Gasteiger charge is 2.26. The van der Waals surface area contributed by atoms with Gasteiger partial charge in [-0.25, -0.2) is 12.8 Å². The van der Waals surface area contributed by atoms with E-state index in [-0.39, 0.29) is 15.7 Å². The first-order chi connectivity index (χ1) is 12.9. The van der Waals surface area contributed by atoms with Crippen LogP contribution < -0.4 is 10.6 Å². The van der Waals surface area contributed by atoms with Gasteiger partial charge in [-0.3, -0.25) is 0 Å². The molecule has 0 aromatic heterocycles. The van der Waals surface area contributed by atoms with Crippen LogP contribution in [0.3, 0.4) is 0 Å². The van der Waals surface area contributed by atoms with E-state index in [2.05, 4.69) is 10.6 Å². The third kappa shape index (κ3) is 4.81. The number of hydrogen-bond acceptors (Lipinski definition) is 4. The first-order valence-corrected chi connectivity index (χ1v) is 10.2. The predicted octanol–water partition coefficient (Wildman–Crippen LogP) is 2.96. The van der Waals surface area contributed by atoms with Gasteiger partial charge in [-0.05, 0) is 61.1 Å². The molecule has 1 aliphatic heterocycles. The van der Waals surface area contributed by atoms with Crippen LogP contribution in [0.2, 0.25) is 0 Å². The summed E-state index contributed by atoms with van der Waals surface area (Å²) in [5, 5.41) is 5.93. The highest BCUT2D eigenvalue weighted by molar-refractivity contribution is 7.89. The van der Waals surface area contributed by atoms with Crippen LogP contribution in [-0.2, 0) is 14.8 Å². The molecular formula is C18H20FN3O3S2. The average molecular weight is 410 g/mol. The van der Waals surface area contributed by atoms with E-state index in [9.17, 15) is 12.8 Å². The lowest BCUT2D eigenvalue weighted by atomic mass is 10.2. The Kier molecular flexibility index (Phi) is 6.05. The summed E-state index contributed by atoms with van der Waals surface area (Å²) in [5.41, 5.74) is 1.78. The first-order valence-electron chi connectivity index (χ1n) is 8.38. The maximum atomic E-state index is 13.8. The summed E-state index contributed by atoms with van der Waals surface area (Å²) in [6, 6.07) is 11.0. The number of ether oxygens (including phenoxy) is 1. The van der Waals surface area contributed by atoms with Crippen molar-refractivity contribution in [2.45, 2.75) is 11.8 Å². The van der Waals surface area contributed by atoms with E-state index in [4.69, 9.17) is 17.0 Å². The molecular weight excluding hydrogens is 389 g/mol. The molecule has 0 spiro atoms. The Labute approximate surface area is 163 Å². The molecule has 27 heavy (non-hydrogen) atoms. The normalized spacial score (nSPS) is 15.3. The number of anilines is 2. The van der Waals surface area contributed by atoms with E-state index in [0.29, 0.717) is 32.0 Å². The molecule has 3 rings (SSSR count). The predicted molar refractivity (Wildman–Crippen MR) is 107 cm³/mol. The number of halogens is 1.